The summed E-state index contributed by atoms with van der Waals surface area (Å²) in [6, 6.07) is 1.69. The second-order valence-corrected chi connectivity index (χ2v) is 4.55. The Morgan fingerprint density at radius 3 is 2.09 bits per heavy atom. The number of carbonyl (C=O) groups excluding carboxylic acids is 2. The van der Waals surface area contributed by atoms with Crippen molar-refractivity contribution in [2.75, 3.05) is 13.1 Å². The lowest BCUT2D eigenvalue weighted by molar-refractivity contribution is -0.132. The van der Waals surface area contributed by atoms with Crippen LogP contribution in [0.1, 0.15) is 23.2 Å². The molecule has 22 heavy (non-hydrogen) atoms. The lowest BCUT2D eigenvalue weighted by Gasteiger charge is -2.11. The average Bonchev–Trinajstić information content (AvgIpc) is 2.81. The van der Waals surface area contributed by atoms with E-state index in [-0.39, 0.29) is 18.0 Å². The number of carboxylic acids is 1. The maximum absolute atomic E-state index is 10.8. The number of phenols is 3. The molecule has 1 aliphatic heterocycles. The normalized spacial score (nSPS) is 13.5. The first-order valence-corrected chi connectivity index (χ1v) is 6.26. The number of phenolic OH excluding ortho intramolecular Hbond substituents is 3. The first-order valence-electron chi connectivity index (χ1n) is 6.26. The van der Waals surface area contributed by atoms with Crippen LogP contribution in [0.15, 0.2) is 12.1 Å². The fourth-order valence-electron chi connectivity index (χ4n) is 1.79. The van der Waals surface area contributed by atoms with E-state index in [1.54, 1.807) is 0 Å². The summed E-state index contributed by atoms with van der Waals surface area (Å²) < 4.78 is 0. The van der Waals surface area contributed by atoms with Gasteiger partial charge >= 0.3 is 5.97 Å². The molecular formula is C13H16N2O7. The summed E-state index contributed by atoms with van der Waals surface area (Å²) in [5, 5.41) is 35.0. The van der Waals surface area contributed by atoms with Crippen molar-refractivity contribution in [1.82, 2.24) is 4.90 Å². The minimum Gasteiger partial charge on any atom is -0.504 e. The molecule has 1 heterocycles. The molecule has 1 fully saturated rings. The maximum atomic E-state index is 10.8. The molecule has 0 radical (unpaired) electrons. The molecule has 2 rings (SSSR count). The number of nitrogens with two attached hydrogens (primary N) is 1. The van der Waals surface area contributed by atoms with Crippen LogP contribution in [-0.2, 0) is 9.59 Å². The van der Waals surface area contributed by atoms with E-state index in [4.69, 9.17) is 26.2 Å². The molecule has 0 atom stereocenters. The zero-order chi connectivity index (χ0) is 16.9. The number of benzene rings is 1. The molecule has 1 saturated heterocycles. The first-order chi connectivity index (χ1) is 10.2. The zero-order valence-electron chi connectivity index (χ0n) is 11.5. The Bertz CT molecular complexity index is 577. The van der Waals surface area contributed by atoms with Gasteiger partial charge in [0.2, 0.25) is 11.8 Å². The lowest BCUT2D eigenvalue weighted by atomic mass is 10.2. The quantitative estimate of drug-likeness (QED) is 0.474. The minimum atomic E-state index is -1.29. The third kappa shape index (κ3) is 4.54. The van der Waals surface area contributed by atoms with E-state index in [0.717, 1.165) is 18.6 Å². The Morgan fingerprint density at radius 1 is 1.18 bits per heavy atom. The Kier molecular flexibility index (Phi) is 5.56. The highest BCUT2D eigenvalue weighted by Gasteiger charge is 2.20. The van der Waals surface area contributed by atoms with Crippen molar-refractivity contribution in [2.45, 2.75) is 12.8 Å². The van der Waals surface area contributed by atoms with E-state index in [2.05, 4.69) is 0 Å². The zero-order valence-corrected chi connectivity index (χ0v) is 11.5. The van der Waals surface area contributed by atoms with Crippen molar-refractivity contribution >= 4 is 17.8 Å². The largest absolute Gasteiger partial charge is 0.504 e. The minimum absolute atomic E-state index is 0.0406. The SMILES string of the molecule is NC(=O)CN1CCCC1=O.O=C(O)c1cc(O)c(O)c(O)c1. The van der Waals surface area contributed by atoms with Crippen LogP contribution in [0.4, 0.5) is 0 Å². The number of aromatic carboxylic acids is 1. The van der Waals surface area contributed by atoms with Crippen LogP contribution in [0.2, 0.25) is 0 Å². The fraction of sp³-hybridized carbons (Fsp3) is 0.308. The van der Waals surface area contributed by atoms with Gasteiger partial charge in [0.05, 0.1) is 12.1 Å². The molecule has 1 aromatic rings. The Labute approximate surface area is 125 Å². The van der Waals surface area contributed by atoms with Crippen molar-refractivity contribution in [3.8, 4) is 17.2 Å². The number of hydrogen-bond acceptors (Lipinski definition) is 6. The van der Waals surface area contributed by atoms with Gasteiger partial charge in [-0.25, -0.2) is 4.79 Å². The van der Waals surface area contributed by atoms with Gasteiger partial charge in [-0.05, 0) is 18.6 Å². The third-order valence-corrected chi connectivity index (χ3v) is 2.83. The molecule has 0 unspecified atom stereocenters. The summed E-state index contributed by atoms with van der Waals surface area (Å²) in [6.07, 6.45) is 1.42. The lowest BCUT2D eigenvalue weighted by Crippen LogP contribution is -2.34. The van der Waals surface area contributed by atoms with Gasteiger partial charge in [0, 0.05) is 13.0 Å². The second-order valence-electron chi connectivity index (χ2n) is 4.55. The molecule has 0 spiro atoms. The molecular weight excluding hydrogens is 296 g/mol. The molecule has 0 aromatic heterocycles. The molecule has 0 aliphatic carbocycles. The molecule has 6 N–H and O–H groups in total. The second kappa shape index (κ2) is 7.16. The Balaban J connectivity index is 0.000000224. The summed E-state index contributed by atoms with van der Waals surface area (Å²) in [4.78, 5) is 33.0. The van der Waals surface area contributed by atoms with E-state index in [1.165, 1.54) is 4.90 Å². The number of carbonyl (C=O) groups is 3. The number of carboxylic acid groups (broad SMARTS) is 1. The molecule has 9 heteroatoms. The van der Waals surface area contributed by atoms with E-state index in [0.29, 0.717) is 13.0 Å². The summed E-state index contributed by atoms with van der Waals surface area (Å²) >= 11 is 0. The summed E-state index contributed by atoms with van der Waals surface area (Å²) in [7, 11) is 0. The highest BCUT2D eigenvalue weighted by molar-refractivity contribution is 5.89. The number of primary amides is 1. The number of nitrogens with zero attached hydrogens (tertiary/aromatic N) is 1. The van der Waals surface area contributed by atoms with Crippen molar-refractivity contribution < 1.29 is 34.8 Å². The van der Waals surface area contributed by atoms with Crippen LogP contribution in [0, 0.1) is 0 Å². The predicted molar refractivity (Wildman–Crippen MR) is 73.4 cm³/mol. The number of hydrogen-bond donors (Lipinski definition) is 5. The third-order valence-electron chi connectivity index (χ3n) is 2.83. The molecule has 1 aliphatic rings. The summed E-state index contributed by atoms with van der Waals surface area (Å²) in [6.45, 7) is 0.764. The number of aromatic hydroxyl groups is 3. The summed E-state index contributed by atoms with van der Waals surface area (Å²) in [5.74, 6) is -3.73. The molecule has 2 amide bonds. The maximum Gasteiger partial charge on any atom is 0.335 e. The van der Waals surface area contributed by atoms with Crippen molar-refractivity contribution in [3.63, 3.8) is 0 Å². The standard InChI is InChI=1S/C7H6O5.C6H10N2O2/c8-4-1-3(7(11)12)2-5(9)6(4)10;7-5(9)4-8-3-1-2-6(8)10/h1-2,8-10H,(H,11,12);1-4H2,(H2,7,9). The topological polar surface area (TPSA) is 161 Å². The van der Waals surface area contributed by atoms with E-state index in [1.807, 2.05) is 0 Å². The van der Waals surface area contributed by atoms with E-state index < -0.39 is 29.1 Å². The van der Waals surface area contributed by atoms with E-state index >= 15 is 0 Å². The Morgan fingerprint density at radius 2 is 1.73 bits per heavy atom. The van der Waals surface area contributed by atoms with Gasteiger partial charge in [0.1, 0.15) is 0 Å². The van der Waals surface area contributed by atoms with Crippen LogP contribution in [-0.4, -0.2) is 56.2 Å². The van der Waals surface area contributed by atoms with Crippen LogP contribution in [0.5, 0.6) is 17.2 Å². The van der Waals surface area contributed by atoms with Crippen molar-refractivity contribution in [1.29, 1.82) is 0 Å². The first kappa shape index (κ1) is 17.1. The van der Waals surface area contributed by atoms with Crippen LogP contribution < -0.4 is 5.73 Å². The fourth-order valence-corrected chi connectivity index (χ4v) is 1.79. The highest BCUT2D eigenvalue weighted by atomic mass is 16.4. The van der Waals surface area contributed by atoms with Gasteiger partial charge in [-0.1, -0.05) is 0 Å². The monoisotopic (exact) mass is 312 g/mol. The molecule has 0 bridgehead atoms. The Hall–Kier alpha value is -2.97. The van der Waals surface area contributed by atoms with Gasteiger partial charge in [0.15, 0.2) is 17.2 Å². The van der Waals surface area contributed by atoms with Crippen LogP contribution in [0.25, 0.3) is 0 Å². The van der Waals surface area contributed by atoms with Crippen molar-refractivity contribution in [3.05, 3.63) is 17.7 Å². The molecule has 0 saturated carbocycles. The molecule has 1 aromatic carbocycles. The smallest absolute Gasteiger partial charge is 0.335 e. The van der Waals surface area contributed by atoms with Gasteiger partial charge in [-0.2, -0.15) is 0 Å². The average molecular weight is 312 g/mol. The van der Waals surface area contributed by atoms with E-state index in [9.17, 15) is 14.4 Å². The van der Waals surface area contributed by atoms with Gasteiger partial charge in [-0.15, -0.1) is 0 Å². The van der Waals surface area contributed by atoms with Crippen LogP contribution in [0.3, 0.4) is 0 Å². The van der Waals surface area contributed by atoms with Gasteiger partial charge in [0.25, 0.3) is 0 Å². The number of likely N-dealkylation sites (tertiary alicyclic amines) is 1. The molecule has 120 valence electrons. The summed E-state index contributed by atoms with van der Waals surface area (Å²) in [5.41, 5.74) is 4.61. The molecule has 9 nitrogen and oxygen atoms in total. The highest BCUT2D eigenvalue weighted by Crippen LogP contribution is 2.35. The predicted octanol–water partition coefficient (Wildman–Crippen LogP) is -0.404. The number of rotatable bonds is 3. The number of amides is 2. The van der Waals surface area contributed by atoms with Gasteiger partial charge < -0.3 is 31.1 Å². The van der Waals surface area contributed by atoms with Crippen LogP contribution >= 0.6 is 0 Å². The van der Waals surface area contributed by atoms with Gasteiger partial charge in [-0.3, -0.25) is 9.59 Å². The van der Waals surface area contributed by atoms with Crippen molar-refractivity contribution in [2.24, 2.45) is 5.73 Å².